The highest BCUT2D eigenvalue weighted by molar-refractivity contribution is 5.94. The number of nitrogens with one attached hydrogen (secondary N) is 1. The van der Waals surface area contributed by atoms with Gasteiger partial charge in [-0.2, -0.15) is 5.10 Å². The van der Waals surface area contributed by atoms with E-state index in [0.717, 1.165) is 33.5 Å². The fraction of sp³-hybridized carbons (Fsp3) is 0.182. The van der Waals surface area contributed by atoms with Crippen LogP contribution in [0.2, 0.25) is 0 Å². The van der Waals surface area contributed by atoms with Crippen molar-refractivity contribution in [3.05, 3.63) is 48.7 Å². The van der Waals surface area contributed by atoms with E-state index in [4.69, 9.17) is 18.9 Å². The molecule has 4 aromatic rings. The Balaban J connectivity index is 1.84. The largest absolute Gasteiger partial charge is 0.497 e. The van der Waals surface area contributed by atoms with Gasteiger partial charge >= 0.3 is 0 Å². The Kier molecular flexibility index (Phi) is 4.95. The summed E-state index contributed by atoms with van der Waals surface area (Å²) in [7, 11) is 6.42. The lowest BCUT2D eigenvalue weighted by molar-refractivity contribution is 0.324. The first-order chi connectivity index (χ1) is 14.2. The highest BCUT2D eigenvalue weighted by Crippen LogP contribution is 2.42. The Hall–Kier alpha value is -3.74. The molecule has 0 aliphatic carbocycles. The van der Waals surface area contributed by atoms with E-state index in [9.17, 15) is 0 Å². The lowest BCUT2D eigenvalue weighted by Gasteiger charge is -2.13. The minimum atomic E-state index is 0.541. The number of fused-ring (bicyclic) bond motifs is 1. The van der Waals surface area contributed by atoms with Gasteiger partial charge in [0.2, 0.25) is 5.75 Å². The van der Waals surface area contributed by atoms with Gasteiger partial charge in [0.25, 0.3) is 0 Å². The normalized spacial score (nSPS) is 10.8. The molecule has 2 aromatic heterocycles. The van der Waals surface area contributed by atoms with Gasteiger partial charge in [0.15, 0.2) is 17.1 Å². The third kappa shape index (κ3) is 3.31. The van der Waals surface area contributed by atoms with Crippen molar-refractivity contribution in [1.82, 2.24) is 15.2 Å². The van der Waals surface area contributed by atoms with Crippen LogP contribution in [0.15, 0.2) is 48.7 Å². The maximum atomic E-state index is 5.48. The van der Waals surface area contributed by atoms with Gasteiger partial charge in [-0.1, -0.05) is 12.1 Å². The molecule has 7 nitrogen and oxygen atoms in total. The summed E-state index contributed by atoms with van der Waals surface area (Å²) in [5, 5.41) is 8.32. The molecule has 148 valence electrons. The Morgan fingerprint density at radius 1 is 0.724 bits per heavy atom. The van der Waals surface area contributed by atoms with Crippen molar-refractivity contribution >= 4 is 11.0 Å². The van der Waals surface area contributed by atoms with Crippen LogP contribution in [-0.4, -0.2) is 43.6 Å². The molecule has 2 aromatic carbocycles. The number of aromatic amines is 1. The number of aromatic nitrogens is 3. The highest BCUT2D eigenvalue weighted by atomic mass is 16.5. The number of nitrogens with zero attached hydrogens (tertiary/aromatic N) is 2. The molecule has 29 heavy (non-hydrogen) atoms. The molecule has 0 amide bonds. The molecule has 0 saturated heterocycles. The molecule has 0 spiro atoms. The lowest BCUT2D eigenvalue weighted by atomic mass is 10.0. The van der Waals surface area contributed by atoms with Crippen molar-refractivity contribution in [2.24, 2.45) is 0 Å². The average molecular weight is 391 g/mol. The van der Waals surface area contributed by atoms with E-state index in [0.29, 0.717) is 22.9 Å². The van der Waals surface area contributed by atoms with Crippen LogP contribution in [-0.2, 0) is 0 Å². The van der Waals surface area contributed by atoms with E-state index in [-0.39, 0.29) is 0 Å². The van der Waals surface area contributed by atoms with Crippen LogP contribution in [0.25, 0.3) is 33.4 Å². The monoisotopic (exact) mass is 391 g/mol. The van der Waals surface area contributed by atoms with Gasteiger partial charge < -0.3 is 18.9 Å². The summed E-state index contributed by atoms with van der Waals surface area (Å²) in [6.07, 6.45) is 1.81. The van der Waals surface area contributed by atoms with Gasteiger partial charge in [-0.25, -0.2) is 4.98 Å². The molecule has 1 N–H and O–H groups in total. The number of hydrogen-bond acceptors (Lipinski definition) is 6. The highest BCUT2D eigenvalue weighted by Gasteiger charge is 2.17. The Bertz CT molecular complexity index is 1130. The molecule has 4 rings (SSSR count). The van der Waals surface area contributed by atoms with Crippen LogP contribution in [0.5, 0.6) is 23.0 Å². The maximum Gasteiger partial charge on any atom is 0.203 e. The summed E-state index contributed by atoms with van der Waals surface area (Å²) >= 11 is 0. The topological polar surface area (TPSA) is 78.5 Å². The van der Waals surface area contributed by atoms with Gasteiger partial charge in [0, 0.05) is 22.7 Å². The zero-order valence-corrected chi connectivity index (χ0v) is 16.6. The molecule has 0 atom stereocenters. The van der Waals surface area contributed by atoms with Gasteiger partial charge in [-0.05, 0) is 35.9 Å². The number of methoxy groups -OCH3 is 4. The molecule has 2 heterocycles. The van der Waals surface area contributed by atoms with Crippen LogP contribution >= 0.6 is 0 Å². The number of rotatable bonds is 6. The van der Waals surface area contributed by atoms with E-state index in [1.807, 2.05) is 42.6 Å². The fourth-order valence-corrected chi connectivity index (χ4v) is 3.29. The van der Waals surface area contributed by atoms with E-state index in [1.165, 1.54) is 0 Å². The zero-order valence-electron chi connectivity index (χ0n) is 16.6. The van der Waals surface area contributed by atoms with Crippen molar-refractivity contribution in [2.45, 2.75) is 0 Å². The second kappa shape index (κ2) is 7.71. The fourth-order valence-electron chi connectivity index (χ4n) is 3.29. The molecule has 0 fully saturated rings. The smallest absolute Gasteiger partial charge is 0.203 e. The second-order valence-electron chi connectivity index (χ2n) is 6.34. The molecule has 7 heteroatoms. The van der Waals surface area contributed by atoms with Crippen LogP contribution in [0, 0.1) is 0 Å². The van der Waals surface area contributed by atoms with E-state index >= 15 is 0 Å². The number of H-pyrrole nitrogens is 1. The van der Waals surface area contributed by atoms with Crippen molar-refractivity contribution in [2.75, 3.05) is 28.4 Å². The maximum absolute atomic E-state index is 5.48. The van der Waals surface area contributed by atoms with Crippen LogP contribution in [0.3, 0.4) is 0 Å². The van der Waals surface area contributed by atoms with Gasteiger partial charge in [0.05, 0.1) is 34.1 Å². The number of benzene rings is 2. The Morgan fingerprint density at radius 3 is 2.00 bits per heavy atom. The number of pyridine rings is 1. The minimum Gasteiger partial charge on any atom is -0.497 e. The molecular weight excluding hydrogens is 370 g/mol. The number of ether oxygens (including phenoxy) is 4. The molecule has 0 unspecified atom stereocenters. The van der Waals surface area contributed by atoms with Crippen molar-refractivity contribution < 1.29 is 18.9 Å². The molecule has 0 saturated carbocycles. The molecule has 0 aliphatic heterocycles. The molecule has 0 bridgehead atoms. The van der Waals surface area contributed by atoms with Gasteiger partial charge in [-0.15, -0.1) is 0 Å². The summed E-state index contributed by atoms with van der Waals surface area (Å²) in [6, 6.07) is 13.7. The average Bonchev–Trinajstić information content (AvgIpc) is 3.21. The predicted molar refractivity (Wildman–Crippen MR) is 111 cm³/mol. The third-order valence-corrected chi connectivity index (χ3v) is 4.79. The minimum absolute atomic E-state index is 0.541. The Labute approximate surface area is 168 Å². The first-order valence-electron chi connectivity index (χ1n) is 8.97. The zero-order chi connectivity index (χ0) is 20.4. The SMILES string of the molecule is COc1ccc(-c2cnc3n[nH]c(-c4cc(OC)c(OC)c(OC)c4)c3c2)cc1. The standard InChI is InChI=1S/C22H21N3O4/c1-26-16-7-5-13(6-8-16)15-9-17-20(24-25-22(17)23-12-15)14-10-18(27-2)21(29-4)19(11-14)28-3/h5-12H,1-4H3,(H,23,24,25). The second-order valence-corrected chi connectivity index (χ2v) is 6.34. The van der Waals surface area contributed by atoms with Gasteiger partial charge in [0.1, 0.15) is 5.75 Å². The summed E-state index contributed by atoms with van der Waals surface area (Å²) in [5.74, 6) is 2.50. The first kappa shape index (κ1) is 18.6. The summed E-state index contributed by atoms with van der Waals surface area (Å²) < 4.78 is 21.6. The lowest BCUT2D eigenvalue weighted by Crippen LogP contribution is -1.96. The van der Waals surface area contributed by atoms with Gasteiger partial charge in [-0.3, -0.25) is 5.10 Å². The van der Waals surface area contributed by atoms with Crippen molar-refractivity contribution in [1.29, 1.82) is 0 Å². The quantitative estimate of drug-likeness (QED) is 0.527. The third-order valence-electron chi connectivity index (χ3n) is 4.79. The molecule has 0 aliphatic rings. The number of hydrogen-bond donors (Lipinski definition) is 1. The van der Waals surface area contributed by atoms with E-state index < -0.39 is 0 Å². The predicted octanol–water partition coefficient (Wildman–Crippen LogP) is 4.33. The van der Waals surface area contributed by atoms with Crippen molar-refractivity contribution in [3.8, 4) is 45.4 Å². The van der Waals surface area contributed by atoms with E-state index in [1.54, 1.807) is 28.4 Å². The van der Waals surface area contributed by atoms with Crippen LogP contribution in [0.4, 0.5) is 0 Å². The van der Waals surface area contributed by atoms with Crippen LogP contribution < -0.4 is 18.9 Å². The van der Waals surface area contributed by atoms with E-state index in [2.05, 4.69) is 21.2 Å². The summed E-state index contributed by atoms with van der Waals surface area (Å²) in [4.78, 5) is 4.50. The van der Waals surface area contributed by atoms with Crippen LogP contribution in [0.1, 0.15) is 0 Å². The first-order valence-corrected chi connectivity index (χ1v) is 8.97. The summed E-state index contributed by atoms with van der Waals surface area (Å²) in [5.41, 5.74) is 4.33. The summed E-state index contributed by atoms with van der Waals surface area (Å²) in [6.45, 7) is 0. The molecular formula is C22H21N3O4. The Morgan fingerprint density at radius 2 is 1.41 bits per heavy atom. The van der Waals surface area contributed by atoms with Crippen molar-refractivity contribution in [3.63, 3.8) is 0 Å². The molecule has 0 radical (unpaired) electrons.